The van der Waals surface area contributed by atoms with Crippen LogP contribution in [-0.4, -0.2) is 11.9 Å². The fourth-order valence-electron chi connectivity index (χ4n) is 2.66. The number of benzene rings is 2. The zero-order chi connectivity index (χ0) is 12.5. The van der Waals surface area contributed by atoms with Crippen LogP contribution in [0.2, 0.25) is 0 Å². The summed E-state index contributed by atoms with van der Waals surface area (Å²) < 4.78 is 0. The van der Waals surface area contributed by atoms with Gasteiger partial charge in [0.05, 0.1) is 5.92 Å². The average molecular weight is 237 g/mol. The van der Waals surface area contributed by atoms with Crippen molar-refractivity contribution in [2.75, 3.05) is 4.90 Å². The minimum Gasteiger partial charge on any atom is -0.308 e. The van der Waals surface area contributed by atoms with Crippen LogP contribution in [-0.2, 0) is 4.79 Å². The third-order valence-corrected chi connectivity index (χ3v) is 3.59. The van der Waals surface area contributed by atoms with Gasteiger partial charge in [0, 0.05) is 11.7 Å². The molecule has 0 N–H and O–H groups in total. The smallest absolute Gasteiger partial charge is 0.236 e. The van der Waals surface area contributed by atoms with Crippen molar-refractivity contribution < 1.29 is 4.79 Å². The van der Waals surface area contributed by atoms with E-state index in [1.54, 1.807) is 0 Å². The molecule has 2 heteroatoms. The van der Waals surface area contributed by atoms with E-state index in [9.17, 15) is 4.79 Å². The first-order valence-electron chi connectivity index (χ1n) is 6.22. The molecule has 1 amide bonds. The zero-order valence-corrected chi connectivity index (χ0v) is 10.3. The molecule has 0 radical (unpaired) electrons. The number of carbonyl (C=O) groups excluding carboxylic acids is 1. The van der Waals surface area contributed by atoms with Crippen molar-refractivity contribution in [3.05, 3.63) is 66.2 Å². The Morgan fingerprint density at radius 1 is 0.889 bits per heavy atom. The molecule has 3 rings (SSSR count). The second-order valence-corrected chi connectivity index (χ2v) is 4.67. The summed E-state index contributed by atoms with van der Waals surface area (Å²) in [7, 11) is 0. The van der Waals surface area contributed by atoms with Crippen LogP contribution in [0.5, 0.6) is 0 Å². The summed E-state index contributed by atoms with van der Waals surface area (Å²) in [5.74, 6) is 0.200. The van der Waals surface area contributed by atoms with E-state index in [-0.39, 0.29) is 17.9 Å². The van der Waals surface area contributed by atoms with Gasteiger partial charge in [0.1, 0.15) is 0 Å². The number of nitrogens with zero attached hydrogens (tertiary/aromatic N) is 1. The molecule has 90 valence electrons. The Morgan fingerprint density at radius 2 is 1.44 bits per heavy atom. The number of hydrogen-bond donors (Lipinski definition) is 0. The van der Waals surface area contributed by atoms with Crippen LogP contribution in [0, 0.1) is 0 Å². The molecule has 2 atom stereocenters. The topological polar surface area (TPSA) is 20.3 Å². The van der Waals surface area contributed by atoms with Crippen molar-refractivity contribution in [2.24, 2.45) is 0 Å². The summed E-state index contributed by atoms with van der Waals surface area (Å²) in [6, 6.07) is 20.1. The summed E-state index contributed by atoms with van der Waals surface area (Å²) in [6.07, 6.45) is 0. The zero-order valence-electron chi connectivity index (χ0n) is 10.3. The third kappa shape index (κ3) is 1.61. The van der Waals surface area contributed by atoms with E-state index in [0.29, 0.717) is 0 Å². The van der Waals surface area contributed by atoms with E-state index >= 15 is 0 Å². The molecule has 0 aliphatic carbocycles. The van der Waals surface area contributed by atoms with Gasteiger partial charge in [0.2, 0.25) is 5.91 Å². The molecule has 18 heavy (non-hydrogen) atoms. The Kier molecular flexibility index (Phi) is 2.63. The van der Waals surface area contributed by atoms with Crippen LogP contribution < -0.4 is 4.90 Å². The number of anilines is 1. The lowest BCUT2D eigenvalue weighted by Crippen LogP contribution is -2.58. The highest BCUT2D eigenvalue weighted by molar-refractivity contribution is 6.06. The molecule has 1 heterocycles. The molecule has 2 aromatic rings. The summed E-state index contributed by atoms with van der Waals surface area (Å²) >= 11 is 0. The Bertz CT molecular complexity index is 500. The van der Waals surface area contributed by atoms with Gasteiger partial charge in [0.15, 0.2) is 0 Å². The minimum atomic E-state index is 0.00593. The minimum absolute atomic E-state index is 0.00593. The first-order chi connectivity index (χ1) is 8.79. The average Bonchev–Trinajstić information content (AvgIpc) is 2.41. The quantitative estimate of drug-likeness (QED) is 0.734. The van der Waals surface area contributed by atoms with Gasteiger partial charge < -0.3 is 4.90 Å². The van der Waals surface area contributed by atoms with Crippen molar-refractivity contribution in [2.45, 2.75) is 18.9 Å². The van der Waals surface area contributed by atoms with Gasteiger partial charge in [-0.25, -0.2) is 0 Å². The van der Waals surface area contributed by atoms with Gasteiger partial charge >= 0.3 is 0 Å². The van der Waals surface area contributed by atoms with Gasteiger partial charge in [-0.1, -0.05) is 48.5 Å². The molecular weight excluding hydrogens is 222 g/mol. The number of hydrogen-bond acceptors (Lipinski definition) is 1. The molecule has 1 aliphatic heterocycles. The summed E-state index contributed by atoms with van der Waals surface area (Å²) in [4.78, 5) is 14.2. The van der Waals surface area contributed by atoms with Crippen LogP contribution >= 0.6 is 0 Å². The molecule has 1 saturated heterocycles. The normalized spacial score (nSPS) is 22.7. The van der Waals surface area contributed by atoms with Gasteiger partial charge in [-0.15, -0.1) is 0 Å². The Balaban J connectivity index is 1.87. The molecular formula is C16H15NO. The Morgan fingerprint density at radius 3 is 2.00 bits per heavy atom. The van der Waals surface area contributed by atoms with Crippen molar-refractivity contribution in [1.82, 2.24) is 0 Å². The van der Waals surface area contributed by atoms with Crippen LogP contribution in [0.1, 0.15) is 18.4 Å². The van der Waals surface area contributed by atoms with E-state index in [2.05, 4.69) is 6.92 Å². The van der Waals surface area contributed by atoms with Gasteiger partial charge in [-0.05, 0) is 24.6 Å². The number of carbonyl (C=O) groups is 1. The van der Waals surface area contributed by atoms with E-state index < -0.39 is 0 Å². The fourth-order valence-corrected chi connectivity index (χ4v) is 2.66. The fraction of sp³-hybridized carbons (Fsp3) is 0.188. The maximum atomic E-state index is 12.3. The standard InChI is InChI=1S/C16H15NO/c1-12-15(13-8-4-2-5-9-13)16(18)17(12)14-10-6-3-7-11-14/h2-12,15H,1H3/t12-,15-/m0/s1. The summed E-state index contributed by atoms with van der Waals surface area (Å²) in [5.41, 5.74) is 2.10. The van der Waals surface area contributed by atoms with Crippen molar-refractivity contribution in [3.63, 3.8) is 0 Å². The SMILES string of the molecule is C[C@H]1[C@@H](c2ccccc2)C(=O)N1c1ccccc1. The number of rotatable bonds is 2. The number of amides is 1. The first-order valence-corrected chi connectivity index (χ1v) is 6.22. The summed E-state index contributed by atoms with van der Waals surface area (Å²) in [6.45, 7) is 2.10. The Labute approximate surface area is 107 Å². The van der Waals surface area contributed by atoms with Gasteiger partial charge in [-0.3, -0.25) is 4.79 Å². The molecule has 0 aromatic heterocycles. The third-order valence-electron chi connectivity index (χ3n) is 3.59. The van der Waals surface area contributed by atoms with Crippen LogP contribution in [0.3, 0.4) is 0 Å². The lowest BCUT2D eigenvalue weighted by atomic mass is 9.82. The highest BCUT2D eigenvalue weighted by atomic mass is 16.2. The lowest BCUT2D eigenvalue weighted by molar-refractivity contribution is -0.126. The Hall–Kier alpha value is -2.09. The number of β-lactam (4-membered cyclic amide) rings is 1. The van der Waals surface area contributed by atoms with Crippen molar-refractivity contribution >= 4 is 11.6 Å². The highest BCUT2D eigenvalue weighted by Crippen LogP contribution is 2.38. The van der Waals surface area contributed by atoms with Crippen LogP contribution in [0.4, 0.5) is 5.69 Å². The van der Waals surface area contributed by atoms with Crippen LogP contribution in [0.25, 0.3) is 0 Å². The predicted octanol–water partition coefficient (Wildman–Crippen LogP) is 3.21. The predicted molar refractivity (Wildman–Crippen MR) is 72.6 cm³/mol. The molecule has 2 nitrogen and oxygen atoms in total. The molecule has 0 bridgehead atoms. The largest absolute Gasteiger partial charge is 0.308 e. The molecule has 2 aromatic carbocycles. The molecule has 0 saturated carbocycles. The summed E-state index contributed by atoms with van der Waals surface area (Å²) in [5, 5.41) is 0. The molecule has 1 aliphatic rings. The monoisotopic (exact) mass is 237 g/mol. The van der Waals surface area contributed by atoms with Gasteiger partial charge in [0.25, 0.3) is 0 Å². The molecule has 0 unspecified atom stereocenters. The first kappa shape index (κ1) is 11.0. The second-order valence-electron chi connectivity index (χ2n) is 4.67. The molecule has 1 fully saturated rings. The van der Waals surface area contributed by atoms with E-state index in [1.807, 2.05) is 65.6 Å². The van der Waals surface area contributed by atoms with E-state index in [4.69, 9.17) is 0 Å². The maximum Gasteiger partial charge on any atom is 0.236 e. The highest BCUT2D eigenvalue weighted by Gasteiger charge is 2.45. The van der Waals surface area contributed by atoms with E-state index in [1.165, 1.54) is 0 Å². The van der Waals surface area contributed by atoms with Crippen molar-refractivity contribution in [1.29, 1.82) is 0 Å². The molecule has 0 spiro atoms. The van der Waals surface area contributed by atoms with E-state index in [0.717, 1.165) is 11.3 Å². The lowest BCUT2D eigenvalue weighted by Gasteiger charge is -2.45. The van der Waals surface area contributed by atoms with Gasteiger partial charge in [-0.2, -0.15) is 0 Å². The van der Waals surface area contributed by atoms with Crippen molar-refractivity contribution in [3.8, 4) is 0 Å². The maximum absolute atomic E-state index is 12.3. The number of para-hydroxylation sites is 1. The van der Waals surface area contributed by atoms with Crippen LogP contribution in [0.15, 0.2) is 60.7 Å². The second kappa shape index (κ2) is 4.30.